The SMILES string of the molecule is CC(C)(C)c1ccc2sc(/C=C(\[O-])C(F)(F)F)nc2c1. The van der Waals surface area contributed by atoms with Crippen LogP contribution in [0.3, 0.4) is 0 Å². The van der Waals surface area contributed by atoms with Crippen molar-refractivity contribution in [3.63, 3.8) is 0 Å². The van der Waals surface area contributed by atoms with E-state index in [1.807, 2.05) is 39.0 Å². The maximum absolute atomic E-state index is 12.2. The highest BCUT2D eigenvalue weighted by molar-refractivity contribution is 7.19. The molecule has 0 saturated carbocycles. The van der Waals surface area contributed by atoms with E-state index in [1.54, 1.807) is 0 Å². The predicted octanol–water partition coefficient (Wildman–Crippen LogP) is 3.86. The molecule has 1 aromatic carbocycles. The Kier molecular flexibility index (Phi) is 3.54. The summed E-state index contributed by atoms with van der Waals surface area (Å²) >= 11 is 1.07. The molecule has 1 heterocycles. The van der Waals surface area contributed by atoms with Gasteiger partial charge in [-0.1, -0.05) is 26.8 Å². The van der Waals surface area contributed by atoms with Gasteiger partial charge in [0.15, 0.2) is 0 Å². The minimum absolute atomic E-state index is 0.0660. The van der Waals surface area contributed by atoms with Gasteiger partial charge in [-0.05, 0) is 34.9 Å². The number of allylic oxidation sites excluding steroid dienone is 1. The molecule has 0 amide bonds. The van der Waals surface area contributed by atoms with E-state index in [2.05, 4.69) is 4.98 Å². The van der Waals surface area contributed by atoms with E-state index in [0.717, 1.165) is 21.6 Å². The third-order valence-corrected chi connectivity index (χ3v) is 3.79. The number of rotatable bonds is 1. The number of halogens is 3. The van der Waals surface area contributed by atoms with Crippen LogP contribution in [0, 0.1) is 0 Å². The van der Waals surface area contributed by atoms with Crippen LogP contribution in [0.4, 0.5) is 13.2 Å². The highest BCUT2D eigenvalue weighted by Crippen LogP contribution is 2.30. The number of benzene rings is 1. The van der Waals surface area contributed by atoms with Crippen LogP contribution in [0.15, 0.2) is 24.0 Å². The van der Waals surface area contributed by atoms with Crippen molar-refractivity contribution in [3.05, 3.63) is 34.5 Å². The molecule has 0 aliphatic heterocycles. The van der Waals surface area contributed by atoms with Crippen LogP contribution >= 0.6 is 11.3 Å². The number of thiazole rings is 1. The summed E-state index contributed by atoms with van der Waals surface area (Å²) < 4.78 is 37.4. The molecule has 0 aliphatic carbocycles. The van der Waals surface area contributed by atoms with Gasteiger partial charge in [-0.3, -0.25) is 0 Å². The average Bonchev–Trinajstić information content (AvgIpc) is 2.67. The standard InChI is InChI=1S/C14H14F3NOS/c1-13(2,3)8-4-5-10-9(6-8)18-12(20-10)7-11(19)14(15,16)17/h4-7,19H,1-3H3/p-1/b11-7-. The molecule has 6 heteroatoms. The van der Waals surface area contributed by atoms with Crippen molar-refractivity contribution in [1.29, 1.82) is 0 Å². The summed E-state index contributed by atoms with van der Waals surface area (Å²) in [5, 5.41) is 11.0. The molecular weight excluding hydrogens is 287 g/mol. The first-order valence-electron chi connectivity index (χ1n) is 5.94. The first-order chi connectivity index (χ1) is 9.07. The monoisotopic (exact) mass is 300 g/mol. The molecule has 0 bridgehead atoms. The largest absolute Gasteiger partial charge is 0.869 e. The topological polar surface area (TPSA) is 36.0 Å². The first kappa shape index (κ1) is 14.8. The van der Waals surface area contributed by atoms with Gasteiger partial charge in [-0.25, -0.2) is 4.98 Å². The Morgan fingerprint density at radius 3 is 2.45 bits per heavy atom. The lowest BCUT2D eigenvalue weighted by atomic mass is 9.87. The van der Waals surface area contributed by atoms with Crippen LogP contribution in [0.5, 0.6) is 0 Å². The predicted molar refractivity (Wildman–Crippen MR) is 72.4 cm³/mol. The Hall–Kier alpha value is -1.56. The normalized spacial score (nSPS) is 14.0. The highest BCUT2D eigenvalue weighted by atomic mass is 32.1. The van der Waals surface area contributed by atoms with Crippen molar-refractivity contribution in [1.82, 2.24) is 4.98 Å². The van der Waals surface area contributed by atoms with Crippen LogP contribution in [-0.2, 0) is 5.41 Å². The van der Waals surface area contributed by atoms with Crippen molar-refractivity contribution in [2.24, 2.45) is 0 Å². The van der Waals surface area contributed by atoms with E-state index >= 15 is 0 Å². The summed E-state index contributed by atoms with van der Waals surface area (Å²) in [6.07, 6.45) is -4.31. The Labute approximate surface area is 118 Å². The van der Waals surface area contributed by atoms with Gasteiger partial charge in [0.05, 0.1) is 10.2 Å². The molecule has 108 valence electrons. The van der Waals surface area contributed by atoms with Gasteiger partial charge in [-0.15, -0.1) is 11.3 Å². The third-order valence-electron chi connectivity index (χ3n) is 2.80. The molecule has 0 spiro atoms. The zero-order valence-electron chi connectivity index (χ0n) is 11.2. The van der Waals surface area contributed by atoms with E-state index in [-0.39, 0.29) is 10.4 Å². The molecule has 0 N–H and O–H groups in total. The lowest BCUT2D eigenvalue weighted by Gasteiger charge is -2.18. The number of hydrogen-bond acceptors (Lipinski definition) is 3. The molecule has 2 aromatic rings. The smallest absolute Gasteiger partial charge is 0.402 e. The Morgan fingerprint density at radius 2 is 1.90 bits per heavy atom. The number of alkyl halides is 3. The van der Waals surface area contributed by atoms with E-state index < -0.39 is 11.9 Å². The van der Waals surface area contributed by atoms with Crippen molar-refractivity contribution in [3.8, 4) is 0 Å². The number of nitrogens with zero attached hydrogens (tertiary/aromatic N) is 1. The fourth-order valence-corrected chi connectivity index (χ4v) is 2.55. The lowest BCUT2D eigenvalue weighted by Crippen LogP contribution is -2.22. The quantitative estimate of drug-likeness (QED) is 0.750. The van der Waals surface area contributed by atoms with Crippen LogP contribution in [0.2, 0.25) is 0 Å². The Balaban J connectivity index is 2.45. The minimum Gasteiger partial charge on any atom is -0.869 e. The maximum atomic E-state index is 12.2. The van der Waals surface area contributed by atoms with Gasteiger partial charge in [0, 0.05) is 0 Å². The average molecular weight is 300 g/mol. The molecule has 0 saturated heterocycles. The molecule has 0 unspecified atom stereocenters. The zero-order chi connectivity index (χ0) is 15.1. The second kappa shape index (κ2) is 4.77. The minimum atomic E-state index is -4.85. The molecule has 0 fully saturated rings. The molecular formula is C14H13F3NOS-. The summed E-state index contributed by atoms with van der Waals surface area (Å²) in [7, 11) is 0. The Bertz CT molecular complexity index is 665. The van der Waals surface area contributed by atoms with E-state index in [4.69, 9.17) is 0 Å². The Morgan fingerprint density at radius 1 is 1.25 bits per heavy atom. The molecule has 0 atom stereocenters. The fraction of sp³-hybridized carbons (Fsp3) is 0.357. The molecule has 20 heavy (non-hydrogen) atoms. The first-order valence-corrected chi connectivity index (χ1v) is 6.76. The fourth-order valence-electron chi connectivity index (χ4n) is 1.67. The highest BCUT2D eigenvalue weighted by Gasteiger charge is 2.26. The van der Waals surface area contributed by atoms with E-state index in [9.17, 15) is 18.3 Å². The van der Waals surface area contributed by atoms with Gasteiger partial charge in [-0.2, -0.15) is 13.2 Å². The van der Waals surface area contributed by atoms with Gasteiger partial charge < -0.3 is 5.11 Å². The van der Waals surface area contributed by atoms with Crippen molar-refractivity contribution in [2.75, 3.05) is 0 Å². The van der Waals surface area contributed by atoms with Crippen LogP contribution in [-0.4, -0.2) is 11.2 Å². The van der Waals surface area contributed by atoms with E-state index in [0.29, 0.717) is 11.6 Å². The molecule has 0 radical (unpaired) electrons. The molecule has 1 aromatic heterocycles. The van der Waals surface area contributed by atoms with Gasteiger partial charge >= 0.3 is 6.18 Å². The molecule has 0 aliphatic rings. The second-order valence-corrected chi connectivity index (χ2v) is 6.55. The third kappa shape index (κ3) is 3.12. The van der Waals surface area contributed by atoms with E-state index in [1.165, 1.54) is 0 Å². The summed E-state index contributed by atoms with van der Waals surface area (Å²) in [5.41, 5.74) is 1.59. The van der Waals surface area contributed by atoms with Gasteiger partial charge in [0.2, 0.25) is 0 Å². The van der Waals surface area contributed by atoms with Gasteiger partial charge in [0.1, 0.15) is 5.01 Å². The van der Waals surface area contributed by atoms with Crippen molar-refractivity contribution in [2.45, 2.75) is 32.4 Å². The summed E-state index contributed by atoms with van der Waals surface area (Å²) in [4.78, 5) is 4.08. The summed E-state index contributed by atoms with van der Waals surface area (Å²) in [5.74, 6) is -1.88. The number of hydrogen-bond donors (Lipinski definition) is 0. The molecule has 2 nitrogen and oxygen atoms in total. The molecule has 2 rings (SSSR count). The van der Waals surface area contributed by atoms with Crippen molar-refractivity contribution >= 4 is 27.6 Å². The summed E-state index contributed by atoms with van der Waals surface area (Å²) in [6, 6.07) is 5.60. The lowest BCUT2D eigenvalue weighted by molar-refractivity contribution is -0.357. The number of aromatic nitrogens is 1. The van der Waals surface area contributed by atoms with Crippen LogP contribution in [0.1, 0.15) is 31.3 Å². The maximum Gasteiger partial charge on any atom is 0.402 e. The van der Waals surface area contributed by atoms with Crippen LogP contribution in [0.25, 0.3) is 16.3 Å². The second-order valence-electron chi connectivity index (χ2n) is 5.49. The number of fused-ring (bicyclic) bond motifs is 1. The van der Waals surface area contributed by atoms with Crippen LogP contribution < -0.4 is 5.11 Å². The van der Waals surface area contributed by atoms with Gasteiger partial charge in [0.25, 0.3) is 0 Å². The van der Waals surface area contributed by atoms with Crippen molar-refractivity contribution < 1.29 is 18.3 Å². The zero-order valence-corrected chi connectivity index (χ0v) is 12.0. The summed E-state index contributed by atoms with van der Waals surface area (Å²) in [6.45, 7) is 6.13.